The van der Waals surface area contributed by atoms with Crippen LogP contribution in [0, 0.1) is 6.92 Å². The molecule has 21 heavy (non-hydrogen) atoms. The minimum absolute atomic E-state index is 0.0529. The molecule has 0 unspecified atom stereocenters. The lowest BCUT2D eigenvalue weighted by Crippen LogP contribution is -2.36. The van der Waals surface area contributed by atoms with Gasteiger partial charge in [0.1, 0.15) is 5.56 Å². The lowest BCUT2D eigenvalue weighted by atomic mass is 10.1. The molecule has 0 spiro atoms. The van der Waals surface area contributed by atoms with E-state index in [-0.39, 0.29) is 5.56 Å². The second-order valence-electron chi connectivity index (χ2n) is 5.31. The first kappa shape index (κ1) is 13.6. The van der Waals surface area contributed by atoms with Gasteiger partial charge in [-0.3, -0.25) is 9.59 Å². The fourth-order valence-electron chi connectivity index (χ4n) is 2.72. The minimum Gasteiger partial charge on any atom is -0.390 e. The predicted octanol–water partition coefficient (Wildman–Crippen LogP) is 1.07. The van der Waals surface area contributed by atoms with Gasteiger partial charge in [-0.1, -0.05) is 24.3 Å². The summed E-state index contributed by atoms with van der Waals surface area (Å²) < 4.78 is 0. The number of rotatable bonds is 2. The summed E-state index contributed by atoms with van der Waals surface area (Å²) >= 11 is 0. The third-order valence-electron chi connectivity index (χ3n) is 3.79. The summed E-state index contributed by atoms with van der Waals surface area (Å²) in [6, 6.07) is 10.3. The quantitative estimate of drug-likeness (QED) is 0.771. The van der Waals surface area contributed by atoms with Crippen molar-refractivity contribution in [1.29, 1.82) is 0 Å². The Morgan fingerprint density at radius 1 is 1.29 bits per heavy atom. The van der Waals surface area contributed by atoms with Crippen LogP contribution in [0.3, 0.4) is 0 Å². The third-order valence-corrected chi connectivity index (χ3v) is 3.79. The molecule has 0 fully saturated rings. The highest BCUT2D eigenvalue weighted by Gasteiger charge is 2.32. The van der Waals surface area contributed by atoms with Gasteiger partial charge in [-0.2, -0.15) is 0 Å². The summed E-state index contributed by atoms with van der Waals surface area (Å²) in [5, 5.41) is 12.9. The molecule has 2 atom stereocenters. The van der Waals surface area contributed by atoms with Crippen molar-refractivity contribution in [3.63, 3.8) is 0 Å². The Bertz CT molecular complexity index is 751. The predicted molar refractivity (Wildman–Crippen MR) is 78.2 cm³/mol. The number of amides is 1. The average Bonchev–Trinajstić information content (AvgIpc) is 2.75. The Kier molecular flexibility index (Phi) is 3.35. The Hall–Kier alpha value is -2.40. The number of fused-ring (bicyclic) bond motifs is 1. The smallest absolute Gasteiger partial charge is 0.260 e. The summed E-state index contributed by atoms with van der Waals surface area (Å²) in [5.41, 5.74) is 2.25. The second kappa shape index (κ2) is 5.18. The molecule has 5 heteroatoms. The van der Waals surface area contributed by atoms with Crippen LogP contribution in [0.1, 0.15) is 33.2 Å². The van der Waals surface area contributed by atoms with Crippen LogP contribution in [0.2, 0.25) is 0 Å². The number of benzene rings is 1. The van der Waals surface area contributed by atoms with Crippen molar-refractivity contribution in [2.24, 2.45) is 0 Å². The fourth-order valence-corrected chi connectivity index (χ4v) is 2.72. The van der Waals surface area contributed by atoms with Gasteiger partial charge in [-0.05, 0) is 30.2 Å². The Morgan fingerprint density at radius 3 is 2.81 bits per heavy atom. The zero-order chi connectivity index (χ0) is 15.0. The van der Waals surface area contributed by atoms with E-state index in [4.69, 9.17) is 0 Å². The van der Waals surface area contributed by atoms with E-state index in [1.165, 1.54) is 6.07 Å². The van der Waals surface area contributed by atoms with Gasteiger partial charge in [0, 0.05) is 12.1 Å². The third kappa shape index (κ3) is 2.48. The van der Waals surface area contributed by atoms with Gasteiger partial charge in [0.25, 0.3) is 11.5 Å². The molecule has 108 valence electrons. The normalized spacial score (nSPS) is 20.1. The molecule has 0 radical (unpaired) electrons. The molecule has 1 aromatic carbocycles. The number of nitrogens with one attached hydrogen (secondary N) is 2. The molecule has 1 aliphatic carbocycles. The number of aromatic nitrogens is 1. The van der Waals surface area contributed by atoms with Crippen molar-refractivity contribution >= 4 is 5.91 Å². The molecule has 2 aromatic rings. The van der Waals surface area contributed by atoms with Crippen LogP contribution >= 0.6 is 0 Å². The largest absolute Gasteiger partial charge is 0.390 e. The van der Waals surface area contributed by atoms with Crippen molar-refractivity contribution in [3.8, 4) is 0 Å². The maximum atomic E-state index is 12.2. The van der Waals surface area contributed by atoms with Gasteiger partial charge in [-0.25, -0.2) is 0 Å². The van der Waals surface area contributed by atoms with Crippen LogP contribution < -0.4 is 10.9 Å². The maximum Gasteiger partial charge on any atom is 0.260 e. The second-order valence-corrected chi connectivity index (χ2v) is 5.31. The van der Waals surface area contributed by atoms with Gasteiger partial charge >= 0.3 is 0 Å². The number of aromatic amines is 1. The highest BCUT2D eigenvalue weighted by molar-refractivity contribution is 5.94. The number of H-pyrrole nitrogens is 1. The number of hydrogen-bond donors (Lipinski definition) is 3. The molecule has 1 heterocycles. The number of carbonyl (C=O) groups is 1. The zero-order valence-electron chi connectivity index (χ0n) is 11.6. The SMILES string of the molecule is Cc1ccc(C(=O)N[C@@H]2c3ccccc3C[C@@H]2O)c(=O)[nH]1. The Morgan fingerprint density at radius 2 is 2.05 bits per heavy atom. The first-order chi connectivity index (χ1) is 10.1. The van der Waals surface area contributed by atoms with Crippen LogP contribution in [-0.4, -0.2) is 22.1 Å². The van der Waals surface area contributed by atoms with Crippen molar-refractivity contribution in [3.05, 3.63) is 69.1 Å². The summed E-state index contributed by atoms with van der Waals surface area (Å²) in [6.45, 7) is 1.75. The molecule has 1 aliphatic rings. The molecular formula is C16H16N2O3. The van der Waals surface area contributed by atoms with E-state index in [0.717, 1.165) is 11.1 Å². The van der Waals surface area contributed by atoms with Gasteiger partial charge in [0.05, 0.1) is 12.1 Å². The van der Waals surface area contributed by atoms with Crippen LogP contribution in [0.15, 0.2) is 41.2 Å². The van der Waals surface area contributed by atoms with Gasteiger partial charge in [-0.15, -0.1) is 0 Å². The first-order valence-electron chi connectivity index (χ1n) is 6.83. The summed E-state index contributed by atoms with van der Waals surface area (Å²) in [4.78, 5) is 26.6. The van der Waals surface area contributed by atoms with E-state index in [9.17, 15) is 14.7 Å². The molecule has 0 saturated heterocycles. The summed E-state index contributed by atoms with van der Waals surface area (Å²) in [6.07, 6.45) is -0.165. The highest BCUT2D eigenvalue weighted by Crippen LogP contribution is 2.31. The minimum atomic E-state index is -0.670. The number of aliphatic hydroxyl groups is 1. The maximum absolute atomic E-state index is 12.2. The number of hydrogen-bond acceptors (Lipinski definition) is 3. The van der Waals surface area contributed by atoms with Crippen LogP contribution in [-0.2, 0) is 6.42 Å². The molecule has 1 amide bonds. The molecule has 3 N–H and O–H groups in total. The molecular weight excluding hydrogens is 268 g/mol. The van der Waals surface area contributed by atoms with Gasteiger partial charge in [0.15, 0.2) is 0 Å². The highest BCUT2D eigenvalue weighted by atomic mass is 16.3. The monoisotopic (exact) mass is 284 g/mol. The van der Waals surface area contributed by atoms with Crippen molar-refractivity contribution in [2.45, 2.75) is 25.5 Å². The lowest BCUT2D eigenvalue weighted by molar-refractivity contribution is 0.0856. The molecule has 3 rings (SSSR count). The van der Waals surface area contributed by atoms with E-state index in [0.29, 0.717) is 12.1 Å². The van der Waals surface area contributed by atoms with Crippen molar-refractivity contribution in [1.82, 2.24) is 10.3 Å². The molecule has 1 aromatic heterocycles. The molecule has 0 aliphatic heterocycles. The van der Waals surface area contributed by atoms with Crippen LogP contribution in [0.5, 0.6) is 0 Å². The zero-order valence-corrected chi connectivity index (χ0v) is 11.6. The number of aliphatic hydroxyl groups excluding tert-OH is 1. The summed E-state index contributed by atoms with van der Waals surface area (Å²) in [5.74, 6) is -0.475. The first-order valence-corrected chi connectivity index (χ1v) is 6.83. The number of pyridine rings is 1. The topological polar surface area (TPSA) is 82.2 Å². The van der Waals surface area contributed by atoms with Gasteiger partial charge in [0.2, 0.25) is 0 Å². The summed E-state index contributed by atoms with van der Waals surface area (Å²) in [7, 11) is 0. The van der Waals surface area contributed by atoms with Crippen LogP contribution in [0.25, 0.3) is 0 Å². The Balaban J connectivity index is 1.87. The number of carbonyl (C=O) groups excluding carboxylic acids is 1. The lowest BCUT2D eigenvalue weighted by Gasteiger charge is -2.17. The molecule has 5 nitrogen and oxygen atoms in total. The number of aryl methyl sites for hydroxylation is 1. The Labute approximate surface area is 121 Å². The molecule has 0 saturated carbocycles. The fraction of sp³-hybridized carbons (Fsp3) is 0.250. The van der Waals surface area contributed by atoms with Crippen LogP contribution in [0.4, 0.5) is 0 Å². The van der Waals surface area contributed by atoms with E-state index >= 15 is 0 Å². The van der Waals surface area contributed by atoms with E-state index in [1.807, 2.05) is 24.3 Å². The molecule has 0 bridgehead atoms. The van der Waals surface area contributed by atoms with Crippen molar-refractivity contribution < 1.29 is 9.90 Å². The van der Waals surface area contributed by atoms with Gasteiger partial charge < -0.3 is 15.4 Å². The van der Waals surface area contributed by atoms with Crippen molar-refractivity contribution in [2.75, 3.05) is 0 Å². The standard InChI is InChI=1S/C16H16N2O3/c1-9-6-7-12(15(20)17-9)16(21)18-14-11-5-3-2-4-10(11)8-13(14)19/h2-7,13-14,19H,8H2,1H3,(H,17,20)(H,18,21)/t13-,14+/m0/s1. The van der Waals surface area contributed by atoms with E-state index in [1.54, 1.807) is 13.0 Å². The van der Waals surface area contributed by atoms with E-state index < -0.39 is 23.6 Å². The average molecular weight is 284 g/mol. The van der Waals surface area contributed by atoms with E-state index in [2.05, 4.69) is 10.3 Å².